The van der Waals surface area contributed by atoms with Crippen LogP contribution in [0.25, 0.3) is 10.9 Å². The van der Waals surface area contributed by atoms with Gasteiger partial charge in [-0.15, -0.1) is 0 Å². The highest BCUT2D eigenvalue weighted by Crippen LogP contribution is 2.29. The number of nitrogens with zero attached hydrogens (tertiary/aromatic N) is 2. The minimum Gasteiger partial charge on any atom is -0.478 e. The Morgan fingerprint density at radius 1 is 1.23 bits per heavy atom. The first-order chi connectivity index (χ1) is 10.6. The summed E-state index contributed by atoms with van der Waals surface area (Å²) in [5.41, 5.74) is 2.59. The van der Waals surface area contributed by atoms with Crippen LogP contribution in [0.1, 0.15) is 55.1 Å². The van der Waals surface area contributed by atoms with E-state index in [0.717, 1.165) is 36.1 Å². The minimum atomic E-state index is -0.841. The molecule has 0 spiro atoms. The molecule has 1 saturated heterocycles. The second-order valence-electron chi connectivity index (χ2n) is 6.50. The van der Waals surface area contributed by atoms with Crippen molar-refractivity contribution in [3.63, 3.8) is 0 Å². The van der Waals surface area contributed by atoms with Crippen LogP contribution in [-0.4, -0.2) is 33.6 Å². The summed E-state index contributed by atoms with van der Waals surface area (Å²) in [6.07, 6.45) is 5.95. The highest BCUT2D eigenvalue weighted by molar-refractivity contribution is 6.04. The van der Waals surface area contributed by atoms with Crippen molar-refractivity contribution in [2.45, 2.75) is 45.7 Å². The van der Waals surface area contributed by atoms with Crippen LogP contribution in [0.2, 0.25) is 0 Å². The summed E-state index contributed by atoms with van der Waals surface area (Å²) in [4.78, 5) is 14.1. The van der Waals surface area contributed by atoms with Crippen LogP contribution in [0.15, 0.2) is 24.4 Å². The summed E-state index contributed by atoms with van der Waals surface area (Å²) in [7, 11) is 0. The summed E-state index contributed by atoms with van der Waals surface area (Å²) in [5, 5.41) is 10.4. The Morgan fingerprint density at radius 3 is 2.59 bits per heavy atom. The molecule has 22 heavy (non-hydrogen) atoms. The maximum atomic E-state index is 11.6. The van der Waals surface area contributed by atoms with E-state index in [1.54, 1.807) is 6.07 Å². The highest BCUT2D eigenvalue weighted by atomic mass is 16.4. The average molecular weight is 300 g/mol. The van der Waals surface area contributed by atoms with E-state index >= 15 is 0 Å². The van der Waals surface area contributed by atoms with Crippen molar-refractivity contribution >= 4 is 16.9 Å². The van der Waals surface area contributed by atoms with Crippen molar-refractivity contribution in [1.29, 1.82) is 0 Å². The molecular weight excluding hydrogens is 276 g/mol. The Bertz CT molecular complexity index is 682. The predicted molar refractivity (Wildman–Crippen MR) is 88.4 cm³/mol. The van der Waals surface area contributed by atoms with E-state index in [2.05, 4.69) is 29.5 Å². The zero-order valence-corrected chi connectivity index (χ0v) is 13.4. The molecule has 1 N–H and O–H groups in total. The maximum Gasteiger partial charge on any atom is 0.336 e. The van der Waals surface area contributed by atoms with Crippen molar-refractivity contribution < 1.29 is 9.90 Å². The topological polar surface area (TPSA) is 45.5 Å². The number of hydrogen-bond donors (Lipinski definition) is 1. The monoisotopic (exact) mass is 300 g/mol. The van der Waals surface area contributed by atoms with E-state index < -0.39 is 5.97 Å². The molecule has 4 nitrogen and oxygen atoms in total. The smallest absolute Gasteiger partial charge is 0.336 e. The first-order valence-electron chi connectivity index (χ1n) is 8.16. The van der Waals surface area contributed by atoms with Gasteiger partial charge >= 0.3 is 5.97 Å². The molecule has 0 aliphatic carbocycles. The van der Waals surface area contributed by atoms with Crippen molar-refractivity contribution in [3.05, 3.63) is 35.5 Å². The summed E-state index contributed by atoms with van der Waals surface area (Å²) in [6, 6.07) is 5.91. The fourth-order valence-corrected chi connectivity index (χ4v) is 3.48. The fraction of sp³-hybridized carbons (Fsp3) is 0.500. The van der Waals surface area contributed by atoms with Gasteiger partial charge in [0.1, 0.15) is 0 Å². The van der Waals surface area contributed by atoms with Crippen LogP contribution < -0.4 is 0 Å². The fourth-order valence-electron chi connectivity index (χ4n) is 3.48. The van der Waals surface area contributed by atoms with Crippen LogP contribution in [0.4, 0.5) is 0 Å². The van der Waals surface area contributed by atoms with Crippen LogP contribution in [0.3, 0.4) is 0 Å². The lowest BCUT2D eigenvalue weighted by Gasteiger charge is -2.26. The number of carboxylic acid groups (broad SMARTS) is 1. The van der Waals surface area contributed by atoms with Gasteiger partial charge in [-0.1, -0.05) is 12.5 Å². The Hall–Kier alpha value is -1.81. The van der Waals surface area contributed by atoms with Crippen LogP contribution in [0.5, 0.6) is 0 Å². The van der Waals surface area contributed by atoms with E-state index in [9.17, 15) is 9.90 Å². The van der Waals surface area contributed by atoms with E-state index in [1.165, 1.54) is 19.3 Å². The largest absolute Gasteiger partial charge is 0.478 e. The first-order valence-corrected chi connectivity index (χ1v) is 8.16. The lowest BCUT2D eigenvalue weighted by molar-refractivity contribution is 0.0699. The standard InChI is InChI=1S/C18H24N2O2/c1-13(2)20-12-14(11-19-9-4-3-5-10-19)17-15(18(21)22)7-6-8-16(17)20/h6-8,12-13H,3-5,9-11H2,1-2H3,(H,21,22). The lowest BCUT2D eigenvalue weighted by atomic mass is 10.0. The number of benzene rings is 1. The van der Waals surface area contributed by atoms with Crippen LogP contribution in [0, 0.1) is 0 Å². The van der Waals surface area contributed by atoms with E-state index in [1.807, 2.05) is 12.1 Å². The summed E-state index contributed by atoms with van der Waals surface area (Å²) >= 11 is 0. The molecule has 2 heterocycles. The second-order valence-corrected chi connectivity index (χ2v) is 6.50. The third-order valence-electron chi connectivity index (χ3n) is 4.57. The van der Waals surface area contributed by atoms with Gasteiger partial charge in [0, 0.05) is 29.7 Å². The lowest BCUT2D eigenvalue weighted by Crippen LogP contribution is -2.29. The highest BCUT2D eigenvalue weighted by Gasteiger charge is 2.19. The number of aromatic nitrogens is 1. The second kappa shape index (κ2) is 6.13. The van der Waals surface area contributed by atoms with Gasteiger partial charge in [-0.3, -0.25) is 4.90 Å². The third-order valence-corrected chi connectivity index (χ3v) is 4.57. The number of aromatic carboxylic acids is 1. The van der Waals surface area contributed by atoms with Crippen molar-refractivity contribution in [2.75, 3.05) is 13.1 Å². The number of carboxylic acids is 1. The molecule has 0 radical (unpaired) electrons. The van der Waals surface area contributed by atoms with Gasteiger partial charge < -0.3 is 9.67 Å². The van der Waals surface area contributed by atoms with E-state index in [-0.39, 0.29) is 0 Å². The molecular formula is C18H24N2O2. The van der Waals surface area contributed by atoms with E-state index in [4.69, 9.17) is 0 Å². The van der Waals surface area contributed by atoms with Gasteiger partial charge in [-0.05, 0) is 57.5 Å². The molecule has 1 aromatic carbocycles. The Morgan fingerprint density at radius 2 is 1.95 bits per heavy atom. The molecule has 1 fully saturated rings. The number of rotatable bonds is 4. The van der Waals surface area contributed by atoms with Gasteiger partial charge in [0.15, 0.2) is 0 Å². The molecule has 0 amide bonds. The van der Waals surface area contributed by atoms with Crippen LogP contribution >= 0.6 is 0 Å². The normalized spacial score (nSPS) is 16.5. The third kappa shape index (κ3) is 2.75. The average Bonchev–Trinajstić information content (AvgIpc) is 2.87. The van der Waals surface area contributed by atoms with Crippen molar-refractivity contribution in [1.82, 2.24) is 9.47 Å². The molecule has 118 valence electrons. The molecule has 2 aromatic rings. The van der Waals surface area contributed by atoms with Gasteiger partial charge in [-0.25, -0.2) is 4.79 Å². The van der Waals surface area contributed by atoms with Gasteiger partial charge in [0.2, 0.25) is 0 Å². The number of piperidine rings is 1. The molecule has 4 heteroatoms. The quantitative estimate of drug-likeness (QED) is 0.931. The number of likely N-dealkylation sites (tertiary alicyclic amines) is 1. The predicted octanol–water partition coefficient (Wildman–Crippen LogP) is 3.91. The molecule has 1 aliphatic rings. The van der Waals surface area contributed by atoms with E-state index in [0.29, 0.717) is 11.6 Å². The Kier molecular flexibility index (Phi) is 4.21. The van der Waals surface area contributed by atoms with Crippen LogP contribution in [-0.2, 0) is 6.54 Å². The number of hydrogen-bond acceptors (Lipinski definition) is 2. The van der Waals surface area contributed by atoms with Gasteiger partial charge in [0.25, 0.3) is 0 Å². The Labute approximate surface area is 131 Å². The van der Waals surface area contributed by atoms with Gasteiger partial charge in [-0.2, -0.15) is 0 Å². The summed E-state index contributed by atoms with van der Waals surface area (Å²) in [6.45, 7) is 7.35. The molecule has 1 aliphatic heterocycles. The van der Waals surface area contributed by atoms with Gasteiger partial charge in [0.05, 0.1) is 5.56 Å². The summed E-state index contributed by atoms with van der Waals surface area (Å²) in [5.74, 6) is -0.841. The first kappa shape index (κ1) is 15.1. The molecule has 0 unspecified atom stereocenters. The number of carbonyl (C=O) groups is 1. The number of fused-ring (bicyclic) bond motifs is 1. The Balaban J connectivity index is 2.09. The molecule has 3 rings (SSSR count). The van der Waals surface area contributed by atoms with Crippen molar-refractivity contribution in [3.8, 4) is 0 Å². The molecule has 1 aromatic heterocycles. The molecule has 0 bridgehead atoms. The zero-order chi connectivity index (χ0) is 15.7. The molecule has 0 atom stereocenters. The minimum absolute atomic E-state index is 0.321. The SMILES string of the molecule is CC(C)n1cc(CN2CCCCC2)c2c(C(=O)O)cccc21. The summed E-state index contributed by atoms with van der Waals surface area (Å²) < 4.78 is 2.20. The molecule has 0 saturated carbocycles. The maximum absolute atomic E-state index is 11.6. The van der Waals surface area contributed by atoms with Crippen molar-refractivity contribution in [2.24, 2.45) is 0 Å². The zero-order valence-electron chi connectivity index (χ0n) is 13.4.